The van der Waals surface area contributed by atoms with Crippen molar-refractivity contribution in [1.82, 2.24) is 0 Å². The SMILES string of the molecule is CCOC(C)N=CC=C(N)C1CC1. The first-order valence-electron chi connectivity index (χ1n) is 4.84. The zero-order valence-electron chi connectivity index (χ0n) is 8.36. The van der Waals surface area contributed by atoms with Crippen LogP contribution in [-0.2, 0) is 4.74 Å². The van der Waals surface area contributed by atoms with E-state index in [2.05, 4.69) is 4.99 Å². The van der Waals surface area contributed by atoms with Gasteiger partial charge in [0.15, 0.2) is 0 Å². The highest BCUT2D eigenvalue weighted by atomic mass is 16.5. The van der Waals surface area contributed by atoms with E-state index in [4.69, 9.17) is 10.5 Å². The predicted octanol–water partition coefficient (Wildman–Crippen LogP) is 1.69. The molecule has 1 unspecified atom stereocenters. The molecule has 1 fully saturated rings. The van der Waals surface area contributed by atoms with E-state index < -0.39 is 0 Å². The van der Waals surface area contributed by atoms with Gasteiger partial charge in [0.05, 0.1) is 0 Å². The van der Waals surface area contributed by atoms with Gasteiger partial charge in [-0.2, -0.15) is 0 Å². The van der Waals surface area contributed by atoms with Gasteiger partial charge in [-0.1, -0.05) is 0 Å². The minimum Gasteiger partial charge on any atom is -0.402 e. The Labute approximate surface area is 79.7 Å². The van der Waals surface area contributed by atoms with E-state index in [0.29, 0.717) is 12.5 Å². The van der Waals surface area contributed by atoms with Crippen molar-refractivity contribution < 1.29 is 4.74 Å². The molecule has 0 aromatic heterocycles. The van der Waals surface area contributed by atoms with Crippen LogP contribution in [0.2, 0.25) is 0 Å². The van der Waals surface area contributed by atoms with Crippen molar-refractivity contribution in [2.45, 2.75) is 32.9 Å². The Hall–Kier alpha value is -0.830. The summed E-state index contributed by atoms with van der Waals surface area (Å²) in [5.74, 6) is 0.619. The number of aliphatic imine (C=N–C) groups is 1. The summed E-state index contributed by atoms with van der Waals surface area (Å²) in [5.41, 5.74) is 6.72. The van der Waals surface area contributed by atoms with Crippen LogP contribution in [0.25, 0.3) is 0 Å². The Morgan fingerprint density at radius 1 is 1.69 bits per heavy atom. The van der Waals surface area contributed by atoms with Crippen molar-refractivity contribution in [3.05, 3.63) is 11.8 Å². The molecule has 0 bridgehead atoms. The van der Waals surface area contributed by atoms with Crippen molar-refractivity contribution in [2.75, 3.05) is 6.61 Å². The molecule has 1 atom stereocenters. The molecule has 3 heteroatoms. The van der Waals surface area contributed by atoms with E-state index in [1.54, 1.807) is 6.21 Å². The largest absolute Gasteiger partial charge is 0.402 e. The first-order chi connectivity index (χ1) is 6.24. The maximum absolute atomic E-state index is 5.77. The molecule has 1 saturated carbocycles. The van der Waals surface area contributed by atoms with Gasteiger partial charge >= 0.3 is 0 Å². The monoisotopic (exact) mass is 182 g/mol. The van der Waals surface area contributed by atoms with Crippen LogP contribution in [0, 0.1) is 5.92 Å². The summed E-state index contributed by atoms with van der Waals surface area (Å²) in [5, 5.41) is 0. The molecule has 0 aromatic rings. The Kier molecular flexibility index (Phi) is 3.96. The van der Waals surface area contributed by atoms with Crippen molar-refractivity contribution in [3.63, 3.8) is 0 Å². The summed E-state index contributed by atoms with van der Waals surface area (Å²) in [7, 11) is 0. The van der Waals surface area contributed by atoms with E-state index in [-0.39, 0.29) is 6.23 Å². The zero-order valence-corrected chi connectivity index (χ0v) is 8.36. The second kappa shape index (κ2) is 5.02. The summed E-state index contributed by atoms with van der Waals surface area (Å²) >= 11 is 0. The fraction of sp³-hybridized carbons (Fsp3) is 0.700. The number of rotatable bonds is 5. The number of ether oxygens (including phenoxy) is 1. The number of hydrogen-bond acceptors (Lipinski definition) is 3. The van der Waals surface area contributed by atoms with Crippen molar-refractivity contribution in [1.29, 1.82) is 0 Å². The Balaban J connectivity index is 2.26. The molecule has 1 aliphatic carbocycles. The van der Waals surface area contributed by atoms with E-state index in [1.165, 1.54) is 12.8 Å². The van der Waals surface area contributed by atoms with Gasteiger partial charge < -0.3 is 10.5 Å². The number of nitrogens with two attached hydrogens (primary N) is 1. The summed E-state index contributed by atoms with van der Waals surface area (Å²) in [6.07, 6.45) is 6.03. The lowest BCUT2D eigenvalue weighted by atomic mass is 10.3. The third-order valence-electron chi connectivity index (χ3n) is 2.02. The summed E-state index contributed by atoms with van der Waals surface area (Å²) in [6.45, 7) is 4.57. The van der Waals surface area contributed by atoms with Gasteiger partial charge in [0.2, 0.25) is 0 Å². The van der Waals surface area contributed by atoms with Gasteiger partial charge in [-0.3, -0.25) is 4.99 Å². The minimum absolute atomic E-state index is 0.0618. The summed E-state index contributed by atoms with van der Waals surface area (Å²) in [4.78, 5) is 4.16. The molecule has 3 nitrogen and oxygen atoms in total. The molecule has 0 saturated heterocycles. The molecule has 0 amide bonds. The average molecular weight is 182 g/mol. The standard InChI is InChI=1S/C10H18N2O/c1-3-13-8(2)12-7-6-10(11)9-4-5-9/h6-9H,3-5,11H2,1-2H3. The zero-order chi connectivity index (χ0) is 9.68. The number of nitrogens with zero attached hydrogens (tertiary/aromatic N) is 1. The minimum atomic E-state index is -0.0618. The molecule has 74 valence electrons. The molecule has 0 aliphatic heterocycles. The van der Waals surface area contributed by atoms with Crippen LogP contribution in [0.5, 0.6) is 0 Å². The summed E-state index contributed by atoms with van der Waals surface area (Å²) < 4.78 is 5.23. The third kappa shape index (κ3) is 4.08. The Morgan fingerprint density at radius 3 is 2.92 bits per heavy atom. The van der Waals surface area contributed by atoms with Gasteiger partial charge in [-0.15, -0.1) is 0 Å². The molecule has 1 rings (SSSR count). The normalized spacial score (nSPS) is 20.9. The van der Waals surface area contributed by atoms with Crippen LogP contribution in [-0.4, -0.2) is 19.0 Å². The lowest BCUT2D eigenvalue weighted by Crippen LogP contribution is -2.04. The quantitative estimate of drug-likeness (QED) is 0.658. The molecule has 2 N–H and O–H groups in total. The topological polar surface area (TPSA) is 47.6 Å². The highest BCUT2D eigenvalue weighted by molar-refractivity contribution is 5.72. The maximum Gasteiger partial charge on any atom is 0.145 e. The molecule has 13 heavy (non-hydrogen) atoms. The fourth-order valence-corrected chi connectivity index (χ4v) is 1.09. The molecular formula is C10H18N2O. The van der Waals surface area contributed by atoms with E-state index in [9.17, 15) is 0 Å². The molecule has 1 aliphatic rings. The smallest absolute Gasteiger partial charge is 0.145 e. The molecular weight excluding hydrogens is 164 g/mol. The molecule has 0 aromatic carbocycles. The van der Waals surface area contributed by atoms with Crippen molar-refractivity contribution in [3.8, 4) is 0 Å². The first kappa shape index (κ1) is 10.3. The van der Waals surface area contributed by atoms with Gasteiger partial charge in [0, 0.05) is 18.5 Å². The van der Waals surface area contributed by atoms with Crippen LogP contribution in [0.1, 0.15) is 26.7 Å². The third-order valence-corrected chi connectivity index (χ3v) is 2.02. The van der Waals surface area contributed by atoms with E-state index in [1.807, 2.05) is 19.9 Å². The maximum atomic E-state index is 5.77. The van der Waals surface area contributed by atoms with Crippen LogP contribution < -0.4 is 5.73 Å². The van der Waals surface area contributed by atoms with Crippen LogP contribution in [0.4, 0.5) is 0 Å². The number of hydrogen-bond donors (Lipinski definition) is 1. The van der Waals surface area contributed by atoms with Crippen molar-refractivity contribution in [2.24, 2.45) is 16.6 Å². The van der Waals surface area contributed by atoms with E-state index in [0.717, 1.165) is 5.70 Å². The van der Waals surface area contributed by atoms with Gasteiger partial charge in [0.25, 0.3) is 0 Å². The Morgan fingerprint density at radius 2 is 2.38 bits per heavy atom. The van der Waals surface area contributed by atoms with Gasteiger partial charge in [-0.05, 0) is 38.7 Å². The molecule has 0 radical (unpaired) electrons. The van der Waals surface area contributed by atoms with Gasteiger partial charge in [-0.25, -0.2) is 0 Å². The molecule has 0 spiro atoms. The number of allylic oxidation sites excluding steroid dienone is 2. The fourth-order valence-electron chi connectivity index (χ4n) is 1.09. The molecule has 0 heterocycles. The van der Waals surface area contributed by atoms with Gasteiger partial charge in [0.1, 0.15) is 6.23 Å². The van der Waals surface area contributed by atoms with Crippen molar-refractivity contribution >= 4 is 6.21 Å². The second-order valence-corrected chi connectivity index (χ2v) is 3.29. The lowest BCUT2D eigenvalue weighted by molar-refractivity contribution is 0.0836. The second-order valence-electron chi connectivity index (χ2n) is 3.29. The highest BCUT2D eigenvalue weighted by Crippen LogP contribution is 2.33. The predicted molar refractivity (Wildman–Crippen MR) is 54.6 cm³/mol. The summed E-state index contributed by atoms with van der Waals surface area (Å²) in [6, 6.07) is 0. The lowest BCUT2D eigenvalue weighted by Gasteiger charge is -2.03. The average Bonchev–Trinajstić information content (AvgIpc) is 2.86. The van der Waals surface area contributed by atoms with E-state index >= 15 is 0 Å². The van der Waals surface area contributed by atoms with Crippen LogP contribution >= 0.6 is 0 Å². The van der Waals surface area contributed by atoms with Crippen LogP contribution in [0.15, 0.2) is 16.8 Å². The first-order valence-corrected chi connectivity index (χ1v) is 4.84. The Bertz CT molecular complexity index is 207. The van der Waals surface area contributed by atoms with Crippen LogP contribution in [0.3, 0.4) is 0 Å². The highest BCUT2D eigenvalue weighted by Gasteiger charge is 2.23.